The third-order valence-electron chi connectivity index (χ3n) is 2.14. The Morgan fingerprint density at radius 1 is 1.41 bits per heavy atom. The molecule has 0 spiro atoms. The molecule has 2 rings (SSSR count). The maximum Gasteiger partial charge on any atom is 0.180 e. The summed E-state index contributed by atoms with van der Waals surface area (Å²) >= 11 is 7.13. The molecule has 0 saturated carbocycles. The predicted octanol–water partition coefficient (Wildman–Crippen LogP) is 2.45. The molecule has 0 radical (unpaired) electrons. The first kappa shape index (κ1) is 12.3. The second-order valence-electron chi connectivity index (χ2n) is 3.48. The number of nitrogen functional groups attached to an aromatic ring is 1. The monoisotopic (exact) mass is 288 g/mol. The van der Waals surface area contributed by atoms with Crippen molar-refractivity contribution in [3.05, 3.63) is 28.6 Å². The third-order valence-corrected chi connectivity index (χ3v) is 4.20. The van der Waals surface area contributed by atoms with Gasteiger partial charge in [-0.05, 0) is 18.2 Å². The number of nitrogens with zero attached hydrogens (tertiary/aromatic N) is 1. The van der Waals surface area contributed by atoms with Crippen molar-refractivity contribution in [1.29, 1.82) is 0 Å². The molecule has 7 heteroatoms. The number of rotatable bonds is 2. The summed E-state index contributed by atoms with van der Waals surface area (Å²) in [6.45, 7) is 0. The van der Waals surface area contributed by atoms with Gasteiger partial charge in [0.15, 0.2) is 15.0 Å². The van der Waals surface area contributed by atoms with Crippen molar-refractivity contribution in [1.82, 2.24) is 4.98 Å². The third kappa shape index (κ3) is 2.59. The largest absolute Gasteiger partial charge is 0.375 e. The van der Waals surface area contributed by atoms with Gasteiger partial charge in [0.2, 0.25) is 0 Å². The van der Waals surface area contributed by atoms with Gasteiger partial charge in [-0.2, -0.15) is 0 Å². The summed E-state index contributed by atoms with van der Waals surface area (Å²) in [7, 11) is -3.32. The summed E-state index contributed by atoms with van der Waals surface area (Å²) < 4.78 is 23.3. The molecule has 90 valence electrons. The van der Waals surface area contributed by atoms with E-state index >= 15 is 0 Å². The summed E-state index contributed by atoms with van der Waals surface area (Å²) in [5, 5.41) is 2.55. The second-order valence-corrected chi connectivity index (χ2v) is 6.79. The first-order valence-electron chi connectivity index (χ1n) is 4.59. The highest BCUT2D eigenvalue weighted by Gasteiger charge is 2.16. The summed E-state index contributed by atoms with van der Waals surface area (Å²) in [5.41, 5.74) is 6.54. The molecule has 17 heavy (non-hydrogen) atoms. The maximum atomic E-state index is 11.6. The van der Waals surface area contributed by atoms with Gasteiger partial charge in [-0.25, -0.2) is 13.4 Å². The fourth-order valence-electron chi connectivity index (χ4n) is 1.44. The molecule has 1 aromatic carbocycles. The van der Waals surface area contributed by atoms with E-state index in [0.717, 1.165) is 6.26 Å². The highest BCUT2D eigenvalue weighted by Crippen LogP contribution is 2.31. The number of aromatic nitrogens is 1. The van der Waals surface area contributed by atoms with Gasteiger partial charge >= 0.3 is 0 Å². The van der Waals surface area contributed by atoms with Crippen LogP contribution in [0.25, 0.3) is 11.3 Å². The molecule has 0 fully saturated rings. The van der Waals surface area contributed by atoms with Gasteiger partial charge in [0.1, 0.15) is 0 Å². The first-order chi connectivity index (χ1) is 7.88. The lowest BCUT2D eigenvalue weighted by Gasteiger charge is -2.05. The molecule has 0 aliphatic rings. The fourth-order valence-corrected chi connectivity index (χ4v) is 3.05. The molecular weight excluding hydrogens is 280 g/mol. The SMILES string of the molecule is CS(=O)(=O)c1ccc(Cl)cc1-c1csc(N)n1. The van der Waals surface area contributed by atoms with Crippen molar-refractivity contribution in [3.8, 4) is 11.3 Å². The minimum Gasteiger partial charge on any atom is -0.375 e. The zero-order valence-corrected chi connectivity index (χ0v) is 11.2. The van der Waals surface area contributed by atoms with E-state index in [1.54, 1.807) is 11.4 Å². The Kier molecular flexibility index (Phi) is 3.11. The molecular formula is C10H9ClN2O2S2. The summed E-state index contributed by atoms with van der Waals surface area (Å²) in [5.74, 6) is 0. The zero-order valence-electron chi connectivity index (χ0n) is 8.84. The van der Waals surface area contributed by atoms with E-state index in [1.165, 1.54) is 23.5 Å². The van der Waals surface area contributed by atoms with Crippen LogP contribution in [0.4, 0.5) is 5.13 Å². The highest BCUT2D eigenvalue weighted by atomic mass is 35.5. The van der Waals surface area contributed by atoms with Gasteiger partial charge in [0.25, 0.3) is 0 Å². The number of hydrogen-bond acceptors (Lipinski definition) is 5. The van der Waals surface area contributed by atoms with Crippen LogP contribution in [0, 0.1) is 0 Å². The van der Waals surface area contributed by atoms with Crippen LogP contribution in [0.15, 0.2) is 28.5 Å². The van der Waals surface area contributed by atoms with E-state index in [-0.39, 0.29) is 4.90 Å². The molecule has 0 aliphatic carbocycles. The molecule has 4 nitrogen and oxygen atoms in total. The Labute approximate surface area is 108 Å². The minimum absolute atomic E-state index is 0.201. The number of anilines is 1. The number of hydrogen-bond donors (Lipinski definition) is 1. The van der Waals surface area contributed by atoms with Crippen LogP contribution in [0.1, 0.15) is 0 Å². The molecule has 0 amide bonds. The van der Waals surface area contributed by atoms with Crippen LogP contribution >= 0.6 is 22.9 Å². The van der Waals surface area contributed by atoms with Gasteiger partial charge in [0, 0.05) is 22.2 Å². The van der Waals surface area contributed by atoms with Crippen LogP contribution in [0.3, 0.4) is 0 Å². The normalized spacial score (nSPS) is 11.6. The molecule has 0 atom stereocenters. The van der Waals surface area contributed by atoms with E-state index in [4.69, 9.17) is 17.3 Å². The number of benzene rings is 1. The van der Waals surface area contributed by atoms with Crippen LogP contribution in [-0.2, 0) is 9.84 Å². The van der Waals surface area contributed by atoms with E-state index in [0.29, 0.717) is 21.4 Å². The predicted molar refractivity (Wildman–Crippen MR) is 70.1 cm³/mol. The fraction of sp³-hybridized carbons (Fsp3) is 0.100. The molecule has 0 aliphatic heterocycles. The molecule has 0 bridgehead atoms. The molecule has 2 N–H and O–H groups in total. The van der Waals surface area contributed by atoms with Gasteiger partial charge in [-0.1, -0.05) is 11.6 Å². The van der Waals surface area contributed by atoms with Gasteiger partial charge in [-0.3, -0.25) is 0 Å². The standard InChI is InChI=1S/C10H9ClN2O2S2/c1-17(14,15)9-3-2-6(11)4-7(9)8-5-16-10(12)13-8/h2-5H,1H3,(H2,12,13). The summed E-state index contributed by atoms with van der Waals surface area (Å²) in [6, 6.07) is 4.59. The lowest BCUT2D eigenvalue weighted by molar-refractivity contribution is 0.602. The van der Waals surface area contributed by atoms with Crippen molar-refractivity contribution in [2.45, 2.75) is 4.90 Å². The molecule has 0 unspecified atom stereocenters. The summed E-state index contributed by atoms with van der Waals surface area (Å²) in [6.07, 6.45) is 1.15. The van der Waals surface area contributed by atoms with Gasteiger partial charge in [0.05, 0.1) is 10.6 Å². The Balaban J connectivity index is 2.71. The number of sulfone groups is 1. The molecule has 2 aromatic rings. The average Bonchev–Trinajstić information content (AvgIpc) is 2.62. The van der Waals surface area contributed by atoms with Crippen molar-refractivity contribution in [2.24, 2.45) is 0 Å². The number of thiazole rings is 1. The topological polar surface area (TPSA) is 73.0 Å². The lowest BCUT2D eigenvalue weighted by Crippen LogP contribution is -2.00. The van der Waals surface area contributed by atoms with E-state index in [2.05, 4.69) is 4.98 Å². The first-order valence-corrected chi connectivity index (χ1v) is 7.74. The van der Waals surface area contributed by atoms with Crippen LogP contribution in [0.5, 0.6) is 0 Å². The minimum atomic E-state index is -3.32. The molecule has 0 saturated heterocycles. The second kappa shape index (κ2) is 4.29. The molecule has 1 aromatic heterocycles. The maximum absolute atomic E-state index is 11.6. The number of halogens is 1. The van der Waals surface area contributed by atoms with Crippen LogP contribution < -0.4 is 5.73 Å². The van der Waals surface area contributed by atoms with E-state index in [9.17, 15) is 8.42 Å². The Hall–Kier alpha value is -1.11. The average molecular weight is 289 g/mol. The van der Waals surface area contributed by atoms with Crippen molar-refractivity contribution in [2.75, 3.05) is 12.0 Å². The quantitative estimate of drug-likeness (QED) is 0.921. The highest BCUT2D eigenvalue weighted by molar-refractivity contribution is 7.90. The van der Waals surface area contributed by atoms with E-state index in [1.807, 2.05) is 0 Å². The van der Waals surface area contributed by atoms with E-state index < -0.39 is 9.84 Å². The van der Waals surface area contributed by atoms with Crippen molar-refractivity contribution >= 4 is 37.9 Å². The summed E-state index contributed by atoms with van der Waals surface area (Å²) in [4.78, 5) is 4.27. The van der Waals surface area contributed by atoms with Crippen LogP contribution in [-0.4, -0.2) is 19.7 Å². The number of nitrogens with two attached hydrogens (primary N) is 1. The van der Waals surface area contributed by atoms with Crippen molar-refractivity contribution in [3.63, 3.8) is 0 Å². The smallest absolute Gasteiger partial charge is 0.180 e. The lowest BCUT2D eigenvalue weighted by atomic mass is 10.2. The van der Waals surface area contributed by atoms with Crippen molar-refractivity contribution < 1.29 is 8.42 Å². The van der Waals surface area contributed by atoms with Gasteiger partial charge < -0.3 is 5.73 Å². The van der Waals surface area contributed by atoms with Gasteiger partial charge in [-0.15, -0.1) is 11.3 Å². The Bertz CT molecular complexity index is 665. The van der Waals surface area contributed by atoms with Crippen LogP contribution in [0.2, 0.25) is 5.02 Å². The molecule has 1 heterocycles. The Morgan fingerprint density at radius 3 is 2.65 bits per heavy atom. The Morgan fingerprint density at radius 2 is 2.12 bits per heavy atom. The zero-order chi connectivity index (χ0) is 12.6.